The summed E-state index contributed by atoms with van der Waals surface area (Å²) < 4.78 is 33.2. The van der Waals surface area contributed by atoms with Gasteiger partial charge in [-0.2, -0.15) is 5.26 Å². The molecule has 3 aromatic rings. The maximum Gasteiger partial charge on any atom is 0.259 e. The Balaban J connectivity index is 1.65. The molecule has 1 amide bonds. The second-order valence-electron chi connectivity index (χ2n) is 5.74. The first-order valence-electron chi connectivity index (χ1n) is 7.92. The van der Waals surface area contributed by atoms with Crippen LogP contribution in [-0.4, -0.2) is 12.5 Å². The Bertz CT molecular complexity index is 1050. The average molecular weight is 431 g/mol. The van der Waals surface area contributed by atoms with E-state index in [9.17, 15) is 18.8 Å². The minimum absolute atomic E-state index is 0.108. The van der Waals surface area contributed by atoms with Crippen molar-refractivity contribution in [2.75, 3.05) is 6.61 Å². The van der Waals surface area contributed by atoms with Gasteiger partial charge in [-0.1, -0.05) is 34.1 Å². The highest BCUT2D eigenvalue weighted by Crippen LogP contribution is 2.24. The van der Waals surface area contributed by atoms with Crippen molar-refractivity contribution in [1.82, 2.24) is 5.32 Å². The van der Waals surface area contributed by atoms with Gasteiger partial charge in [-0.15, -0.1) is 0 Å². The Kier molecular flexibility index (Phi) is 5.67. The molecule has 0 spiro atoms. The highest BCUT2D eigenvalue weighted by molar-refractivity contribution is 9.10. The topological polar surface area (TPSA) is 62.1 Å². The van der Waals surface area contributed by atoms with E-state index in [1.54, 1.807) is 18.2 Å². The van der Waals surface area contributed by atoms with E-state index in [4.69, 9.17) is 4.74 Å². The van der Waals surface area contributed by atoms with Gasteiger partial charge < -0.3 is 10.1 Å². The van der Waals surface area contributed by atoms with Crippen LogP contribution in [0.2, 0.25) is 0 Å². The zero-order chi connectivity index (χ0) is 19.4. The summed E-state index contributed by atoms with van der Waals surface area (Å²) in [5.74, 6) is -1.77. The van der Waals surface area contributed by atoms with E-state index in [-0.39, 0.29) is 12.2 Å². The van der Waals surface area contributed by atoms with E-state index in [1.165, 1.54) is 0 Å². The molecule has 3 rings (SSSR count). The lowest BCUT2D eigenvalue weighted by atomic mass is 10.1. The maximum absolute atomic E-state index is 13.8. The van der Waals surface area contributed by atoms with Crippen LogP contribution in [0.4, 0.5) is 8.78 Å². The molecule has 4 nitrogen and oxygen atoms in total. The predicted octanol–water partition coefficient (Wildman–Crippen LogP) is 4.64. The lowest BCUT2D eigenvalue weighted by Crippen LogP contribution is -2.32. The van der Waals surface area contributed by atoms with Crippen LogP contribution < -0.4 is 10.1 Å². The summed E-state index contributed by atoms with van der Waals surface area (Å²) in [6.45, 7) is -0.344. The first kappa shape index (κ1) is 18.8. The van der Waals surface area contributed by atoms with E-state index in [1.807, 2.05) is 24.3 Å². The number of rotatable bonds is 5. The van der Waals surface area contributed by atoms with Crippen molar-refractivity contribution in [3.05, 3.63) is 76.3 Å². The predicted molar refractivity (Wildman–Crippen MR) is 100.0 cm³/mol. The first-order chi connectivity index (χ1) is 13.0. The van der Waals surface area contributed by atoms with Crippen LogP contribution in [0.5, 0.6) is 5.75 Å². The summed E-state index contributed by atoms with van der Waals surface area (Å²) in [5, 5.41) is 13.5. The zero-order valence-electron chi connectivity index (χ0n) is 13.9. The molecule has 136 valence electrons. The molecule has 0 fully saturated rings. The van der Waals surface area contributed by atoms with Crippen molar-refractivity contribution < 1.29 is 18.3 Å². The number of fused-ring (bicyclic) bond motifs is 1. The molecule has 27 heavy (non-hydrogen) atoms. The highest BCUT2D eigenvalue weighted by Gasteiger charge is 2.18. The SMILES string of the molecule is N#CC(NC(=O)COc1ccc2cc(Br)ccc2c1)c1ccc(F)cc1F. The lowest BCUT2D eigenvalue weighted by molar-refractivity contribution is -0.123. The minimum Gasteiger partial charge on any atom is -0.484 e. The normalized spacial score (nSPS) is 11.6. The number of hydrogen-bond donors (Lipinski definition) is 1. The molecule has 0 saturated heterocycles. The van der Waals surface area contributed by atoms with Crippen LogP contribution in [-0.2, 0) is 4.79 Å². The van der Waals surface area contributed by atoms with Gasteiger partial charge in [0.1, 0.15) is 23.4 Å². The molecule has 3 aromatic carbocycles. The quantitative estimate of drug-likeness (QED) is 0.641. The van der Waals surface area contributed by atoms with Gasteiger partial charge in [0.25, 0.3) is 5.91 Å². The Morgan fingerprint density at radius 2 is 1.85 bits per heavy atom. The van der Waals surface area contributed by atoms with E-state index >= 15 is 0 Å². The molecule has 1 unspecified atom stereocenters. The summed E-state index contributed by atoms with van der Waals surface area (Å²) in [5.41, 5.74) is -0.108. The zero-order valence-corrected chi connectivity index (χ0v) is 15.5. The third-order valence-corrected chi connectivity index (χ3v) is 4.34. The number of nitrogens with one attached hydrogen (secondary N) is 1. The van der Waals surface area contributed by atoms with Crippen molar-refractivity contribution in [2.45, 2.75) is 6.04 Å². The second kappa shape index (κ2) is 8.14. The summed E-state index contributed by atoms with van der Waals surface area (Å²) in [4.78, 5) is 12.1. The molecular formula is C20H13BrF2N2O2. The molecule has 0 heterocycles. The third kappa shape index (κ3) is 4.60. The van der Waals surface area contributed by atoms with Crippen LogP contribution in [0.25, 0.3) is 10.8 Å². The van der Waals surface area contributed by atoms with Gasteiger partial charge in [0, 0.05) is 16.1 Å². The standard InChI is InChI=1S/C20H13BrF2N2O2/c21-14-3-1-13-8-16(5-2-12(13)7-14)27-11-20(26)25-19(10-24)17-6-4-15(22)9-18(17)23/h1-9,19H,11H2,(H,25,26). The fraction of sp³-hybridized carbons (Fsp3) is 0.100. The van der Waals surface area contributed by atoms with E-state index in [2.05, 4.69) is 21.2 Å². The van der Waals surface area contributed by atoms with Crippen molar-refractivity contribution in [1.29, 1.82) is 5.26 Å². The third-order valence-electron chi connectivity index (χ3n) is 3.85. The number of ether oxygens (including phenoxy) is 1. The van der Waals surface area contributed by atoms with Gasteiger partial charge in [0.2, 0.25) is 0 Å². The van der Waals surface area contributed by atoms with Crippen LogP contribution in [0.1, 0.15) is 11.6 Å². The van der Waals surface area contributed by atoms with E-state index in [0.717, 1.165) is 27.4 Å². The first-order valence-corrected chi connectivity index (χ1v) is 8.71. The van der Waals surface area contributed by atoms with E-state index in [0.29, 0.717) is 11.8 Å². The number of carbonyl (C=O) groups is 1. The van der Waals surface area contributed by atoms with Crippen molar-refractivity contribution in [3.8, 4) is 11.8 Å². The van der Waals surface area contributed by atoms with Crippen molar-refractivity contribution in [3.63, 3.8) is 0 Å². The summed E-state index contributed by atoms with van der Waals surface area (Å²) >= 11 is 3.40. The number of carbonyl (C=O) groups excluding carboxylic acids is 1. The Hall–Kier alpha value is -2.98. The van der Waals surface area contributed by atoms with Crippen LogP contribution in [0, 0.1) is 23.0 Å². The fourth-order valence-corrected chi connectivity index (χ4v) is 2.93. The van der Waals surface area contributed by atoms with Gasteiger partial charge in [-0.25, -0.2) is 8.78 Å². The molecule has 0 bridgehead atoms. The van der Waals surface area contributed by atoms with Crippen molar-refractivity contribution >= 4 is 32.6 Å². The molecule has 0 radical (unpaired) electrons. The van der Waals surface area contributed by atoms with Gasteiger partial charge in [0.05, 0.1) is 6.07 Å². The Morgan fingerprint density at radius 1 is 1.11 bits per heavy atom. The largest absolute Gasteiger partial charge is 0.484 e. The summed E-state index contributed by atoms with van der Waals surface area (Å²) in [7, 11) is 0. The van der Waals surface area contributed by atoms with Crippen LogP contribution >= 0.6 is 15.9 Å². The lowest BCUT2D eigenvalue weighted by Gasteiger charge is -2.13. The summed E-state index contributed by atoms with van der Waals surface area (Å²) in [6.07, 6.45) is 0. The molecule has 1 N–H and O–H groups in total. The molecule has 0 aliphatic heterocycles. The molecule has 1 atom stereocenters. The number of amides is 1. The molecule has 0 aliphatic carbocycles. The molecule has 0 saturated carbocycles. The number of hydrogen-bond acceptors (Lipinski definition) is 3. The second-order valence-corrected chi connectivity index (χ2v) is 6.65. The average Bonchev–Trinajstić information content (AvgIpc) is 2.65. The minimum atomic E-state index is -1.24. The van der Waals surface area contributed by atoms with Gasteiger partial charge in [-0.3, -0.25) is 4.79 Å². The van der Waals surface area contributed by atoms with E-state index < -0.39 is 23.6 Å². The smallest absolute Gasteiger partial charge is 0.259 e. The monoisotopic (exact) mass is 430 g/mol. The van der Waals surface area contributed by atoms with Crippen molar-refractivity contribution in [2.24, 2.45) is 0 Å². The number of nitriles is 1. The molecule has 7 heteroatoms. The number of halogens is 3. The fourth-order valence-electron chi connectivity index (χ4n) is 2.55. The highest BCUT2D eigenvalue weighted by atomic mass is 79.9. The number of benzene rings is 3. The molecule has 0 aliphatic rings. The number of nitrogens with zero attached hydrogens (tertiary/aromatic N) is 1. The van der Waals surface area contributed by atoms with Crippen LogP contribution in [0.3, 0.4) is 0 Å². The maximum atomic E-state index is 13.8. The van der Waals surface area contributed by atoms with Crippen LogP contribution in [0.15, 0.2) is 59.1 Å². The van der Waals surface area contributed by atoms with Gasteiger partial charge in [0.15, 0.2) is 6.61 Å². The van der Waals surface area contributed by atoms with Gasteiger partial charge in [-0.05, 0) is 41.1 Å². The molecule has 0 aromatic heterocycles. The Morgan fingerprint density at radius 3 is 2.59 bits per heavy atom. The summed E-state index contributed by atoms with van der Waals surface area (Å²) in [6, 6.07) is 14.5. The molecular weight excluding hydrogens is 418 g/mol. The Labute approximate surface area is 162 Å². The van der Waals surface area contributed by atoms with Gasteiger partial charge >= 0.3 is 0 Å².